The summed E-state index contributed by atoms with van der Waals surface area (Å²) in [7, 11) is -1.82. The lowest BCUT2D eigenvalue weighted by Crippen LogP contribution is -2.25. The van der Waals surface area contributed by atoms with Gasteiger partial charge in [-0.3, -0.25) is 0 Å². The van der Waals surface area contributed by atoms with E-state index in [4.69, 9.17) is 0 Å². The predicted molar refractivity (Wildman–Crippen MR) is 57.9 cm³/mol. The number of halogens is 2. The van der Waals surface area contributed by atoms with Gasteiger partial charge in [0.2, 0.25) is 0 Å². The molecule has 66 valence electrons. The van der Waals surface area contributed by atoms with E-state index in [-0.39, 0.29) is 4.32 Å². The van der Waals surface area contributed by atoms with Gasteiger partial charge in [-0.15, -0.1) is 0 Å². The molecule has 0 N–H and O–H groups in total. The van der Waals surface area contributed by atoms with E-state index in [0.717, 1.165) is 18.5 Å². The number of hydrogen-bond acceptors (Lipinski definition) is 1. The Bertz CT molecular complexity index is 203. The zero-order valence-corrected chi connectivity index (χ0v) is 10.9. The summed E-state index contributed by atoms with van der Waals surface area (Å²) in [6.07, 6.45) is 2.54. The van der Waals surface area contributed by atoms with Crippen molar-refractivity contribution in [1.82, 2.24) is 0 Å². The van der Waals surface area contributed by atoms with Crippen molar-refractivity contribution in [2.75, 3.05) is 18.5 Å². The maximum absolute atomic E-state index is 11.9. The molecule has 0 aromatic rings. The Hall–Kier alpha value is 1.19. The van der Waals surface area contributed by atoms with Crippen LogP contribution in [0.15, 0.2) is 0 Å². The Morgan fingerprint density at radius 1 is 1.73 bits per heavy atom. The summed E-state index contributed by atoms with van der Waals surface area (Å²) in [5.41, 5.74) is 0. The van der Waals surface area contributed by atoms with Gasteiger partial charge in [0.1, 0.15) is 0 Å². The van der Waals surface area contributed by atoms with Crippen LogP contribution < -0.4 is 0 Å². The van der Waals surface area contributed by atoms with E-state index in [0.29, 0.717) is 4.83 Å². The van der Waals surface area contributed by atoms with Gasteiger partial charge < -0.3 is 4.57 Å². The Kier molecular flexibility index (Phi) is 2.95. The van der Waals surface area contributed by atoms with Gasteiger partial charge in [-0.05, 0) is 13.1 Å². The van der Waals surface area contributed by atoms with E-state index in [1.165, 1.54) is 0 Å². The SMILES string of the molecule is CC[P@]1(=O)C[C@H](Br)[C@](C)(Br)C1. The molecule has 0 saturated carbocycles. The van der Waals surface area contributed by atoms with Crippen molar-refractivity contribution in [2.45, 2.75) is 23.0 Å². The zero-order chi connectivity index (χ0) is 8.70. The van der Waals surface area contributed by atoms with Crippen LogP contribution in [0.1, 0.15) is 13.8 Å². The summed E-state index contributed by atoms with van der Waals surface area (Å²) in [4.78, 5) is 0.376. The molecule has 4 heteroatoms. The van der Waals surface area contributed by atoms with Crippen LogP contribution in [-0.2, 0) is 4.57 Å². The highest BCUT2D eigenvalue weighted by molar-refractivity contribution is 9.12. The molecule has 1 nitrogen and oxygen atoms in total. The third kappa shape index (κ3) is 2.10. The lowest BCUT2D eigenvalue weighted by atomic mass is 10.2. The van der Waals surface area contributed by atoms with Crippen molar-refractivity contribution in [3.8, 4) is 0 Å². The second-order valence-corrected chi connectivity index (χ2v) is 9.81. The second-order valence-electron chi connectivity index (χ2n) is 3.46. The minimum absolute atomic E-state index is 0.0541. The number of alkyl halides is 2. The molecule has 0 aliphatic carbocycles. The van der Waals surface area contributed by atoms with Gasteiger partial charge in [0.25, 0.3) is 0 Å². The quantitative estimate of drug-likeness (QED) is 0.536. The average molecular weight is 304 g/mol. The molecule has 0 aromatic heterocycles. The Labute approximate surface area is 84.9 Å². The van der Waals surface area contributed by atoms with Crippen LogP contribution in [0.3, 0.4) is 0 Å². The largest absolute Gasteiger partial charge is 0.323 e. The highest BCUT2D eigenvalue weighted by Gasteiger charge is 2.46. The number of rotatable bonds is 1. The van der Waals surface area contributed by atoms with E-state index < -0.39 is 7.14 Å². The lowest BCUT2D eigenvalue weighted by Gasteiger charge is -2.17. The molecule has 11 heavy (non-hydrogen) atoms. The minimum atomic E-state index is -1.82. The van der Waals surface area contributed by atoms with Crippen molar-refractivity contribution in [3.05, 3.63) is 0 Å². The fourth-order valence-corrected chi connectivity index (χ4v) is 8.17. The predicted octanol–water partition coefficient (Wildman–Crippen LogP) is 3.30. The van der Waals surface area contributed by atoms with E-state index in [1.54, 1.807) is 0 Å². The highest BCUT2D eigenvalue weighted by Crippen LogP contribution is 2.59. The summed E-state index contributed by atoms with van der Waals surface area (Å²) in [6.45, 7) is 4.14. The molecule has 0 radical (unpaired) electrons. The molecule has 1 fully saturated rings. The first-order chi connectivity index (χ1) is 4.90. The van der Waals surface area contributed by atoms with Gasteiger partial charge in [-0.2, -0.15) is 0 Å². The molecule has 0 spiro atoms. The standard InChI is InChI=1S/C7H13Br2OP/c1-3-11(10)4-6(8)7(2,9)5-11/h6H,3-5H2,1-2H3/t6-,7+,11-/m0/s1. The van der Waals surface area contributed by atoms with E-state index in [9.17, 15) is 4.57 Å². The first kappa shape index (κ1) is 10.3. The maximum atomic E-state index is 11.9. The Morgan fingerprint density at radius 2 is 2.27 bits per heavy atom. The summed E-state index contributed by atoms with van der Waals surface area (Å²) >= 11 is 7.16. The summed E-state index contributed by atoms with van der Waals surface area (Å²) in [5.74, 6) is 0. The van der Waals surface area contributed by atoms with Crippen molar-refractivity contribution in [1.29, 1.82) is 0 Å². The van der Waals surface area contributed by atoms with Gasteiger partial charge >= 0.3 is 0 Å². The molecule has 1 rings (SSSR count). The van der Waals surface area contributed by atoms with Crippen LogP contribution in [-0.4, -0.2) is 27.6 Å². The summed E-state index contributed by atoms with van der Waals surface area (Å²) in [5, 5.41) is 0. The molecule has 1 aliphatic rings. The smallest absolute Gasteiger partial charge is 0.0900 e. The minimum Gasteiger partial charge on any atom is -0.323 e. The van der Waals surface area contributed by atoms with Crippen LogP contribution in [0, 0.1) is 0 Å². The molecular weight excluding hydrogens is 291 g/mol. The Morgan fingerprint density at radius 3 is 2.45 bits per heavy atom. The van der Waals surface area contributed by atoms with E-state index in [2.05, 4.69) is 38.8 Å². The average Bonchev–Trinajstić information content (AvgIpc) is 2.04. The Balaban J connectivity index is 2.79. The highest BCUT2D eigenvalue weighted by atomic mass is 79.9. The molecule has 0 bridgehead atoms. The molecule has 1 saturated heterocycles. The molecule has 1 aliphatic heterocycles. The van der Waals surface area contributed by atoms with Crippen LogP contribution in [0.4, 0.5) is 0 Å². The van der Waals surface area contributed by atoms with E-state index >= 15 is 0 Å². The molecular formula is C7H13Br2OP. The third-order valence-corrected chi connectivity index (χ3v) is 9.45. The van der Waals surface area contributed by atoms with Crippen LogP contribution in [0.25, 0.3) is 0 Å². The fraction of sp³-hybridized carbons (Fsp3) is 1.00. The fourth-order valence-electron chi connectivity index (χ4n) is 1.45. The van der Waals surface area contributed by atoms with Crippen molar-refractivity contribution >= 4 is 39.0 Å². The molecule has 1 heterocycles. The topological polar surface area (TPSA) is 17.1 Å². The van der Waals surface area contributed by atoms with Crippen LogP contribution in [0.5, 0.6) is 0 Å². The molecule has 0 amide bonds. The van der Waals surface area contributed by atoms with Gasteiger partial charge in [-0.1, -0.05) is 38.8 Å². The van der Waals surface area contributed by atoms with Gasteiger partial charge in [-0.25, -0.2) is 0 Å². The first-order valence-corrected chi connectivity index (χ1v) is 7.77. The second kappa shape index (κ2) is 3.16. The lowest BCUT2D eigenvalue weighted by molar-refractivity contribution is 0.579. The summed E-state index contributed by atoms with van der Waals surface area (Å²) in [6, 6.07) is 0. The van der Waals surface area contributed by atoms with Crippen molar-refractivity contribution in [3.63, 3.8) is 0 Å². The van der Waals surface area contributed by atoms with Gasteiger partial charge in [0.15, 0.2) is 0 Å². The van der Waals surface area contributed by atoms with Gasteiger partial charge in [0.05, 0.1) is 7.14 Å². The van der Waals surface area contributed by atoms with Crippen LogP contribution in [0.2, 0.25) is 0 Å². The summed E-state index contributed by atoms with van der Waals surface area (Å²) < 4.78 is 12.0. The monoisotopic (exact) mass is 302 g/mol. The number of hydrogen-bond donors (Lipinski definition) is 0. The normalized spacial score (nSPS) is 51.5. The molecule has 0 aromatic carbocycles. The first-order valence-electron chi connectivity index (χ1n) is 3.80. The molecule has 0 unspecified atom stereocenters. The zero-order valence-electron chi connectivity index (χ0n) is 6.81. The maximum Gasteiger partial charge on any atom is 0.0900 e. The van der Waals surface area contributed by atoms with E-state index in [1.807, 2.05) is 6.92 Å². The van der Waals surface area contributed by atoms with Crippen molar-refractivity contribution in [2.24, 2.45) is 0 Å². The van der Waals surface area contributed by atoms with Crippen LogP contribution >= 0.6 is 39.0 Å². The van der Waals surface area contributed by atoms with Gasteiger partial charge in [0, 0.05) is 21.5 Å². The van der Waals surface area contributed by atoms with Crippen molar-refractivity contribution < 1.29 is 4.57 Å². The molecule has 3 atom stereocenters. The third-order valence-electron chi connectivity index (χ3n) is 2.32.